The number of rotatable bonds is 14. The zero-order valence-corrected chi connectivity index (χ0v) is 22.7. The maximum Gasteiger partial charge on any atom is 0.120 e. The highest BCUT2D eigenvalue weighted by Crippen LogP contribution is 2.40. The van der Waals surface area contributed by atoms with E-state index in [4.69, 9.17) is 0 Å². The van der Waals surface area contributed by atoms with Crippen LogP contribution >= 0.6 is 0 Å². The first-order valence-corrected chi connectivity index (χ1v) is 14.3. The summed E-state index contributed by atoms with van der Waals surface area (Å²) in [6.45, 7) is 14.7. The van der Waals surface area contributed by atoms with Gasteiger partial charge in [0, 0.05) is 32.1 Å². The van der Waals surface area contributed by atoms with E-state index in [1.165, 1.54) is 70.1 Å². The lowest BCUT2D eigenvalue weighted by molar-refractivity contribution is -0.108. The fraction of sp³-hybridized carbons (Fsp3) is 0.767. The van der Waals surface area contributed by atoms with E-state index in [9.17, 15) is 9.90 Å². The lowest BCUT2D eigenvalue weighted by atomic mass is 9.68. The van der Waals surface area contributed by atoms with Crippen LogP contribution in [0.3, 0.4) is 0 Å². The average molecular weight is 486 g/mol. The van der Waals surface area contributed by atoms with Gasteiger partial charge >= 0.3 is 0 Å². The van der Waals surface area contributed by atoms with Crippen molar-refractivity contribution in [1.29, 1.82) is 0 Å². The van der Waals surface area contributed by atoms with E-state index < -0.39 is 0 Å². The molecule has 1 aliphatic heterocycles. The zero-order valence-electron chi connectivity index (χ0n) is 22.7. The molecule has 5 nitrogen and oxygen atoms in total. The van der Waals surface area contributed by atoms with Crippen molar-refractivity contribution in [2.75, 3.05) is 45.8 Å². The molecule has 0 spiro atoms. The molecule has 0 aromatic heterocycles. The molecule has 1 unspecified atom stereocenters. The fourth-order valence-electron chi connectivity index (χ4n) is 6.16. The van der Waals surface area contributed by atoms with E-state index in [1.54, 1.807) is 6.07 Å². The number of aromatic hydroxyl groups is 1. The van der Waals surface area contributed by atoms with Crippen LogP contribution in [0.5, 0.6) is 5.75 Å². The topological polar surface area (TPSA) is 55.8 Å². The fourth-order valence-corrected chi connectivity index (χ4v) is 6.16. The molecule has 0 radical (unpaired) electrons. The minimum Gasteiger partial charge on any atom is -0.508 e. The Balaban J connectivity index is 1.45. The second-order valence-electron chi connectivity index (χ2n) is 11.7. The first kappa shape index (κ1) is 28.1. The summed E-state index contributed by atoms with van der Waals surface area (Å²) in [7, 11) is 0. The number of phenolic OH excluding ortho intramolecular Hbond substituents is 1. The molecule has 1 aromatic rings. The van der Waals surface area contributed by atoms with E-state index in [-0.39, 0.29) is 5.41 Å². The molecule has 35 heavy (non-hydrogen) atoms. The van der Waals surface area contributed by atoms with Crippen LogP contribution in [0.15, 0.2) is 24.3 Å². The van der Waals surface area contributed by atoms with Gasteiger partial charge < -0.3 is 20.1 Å². The molecular formula is C30H51N3O2. The Bertz CT molecular complexity index is 751. The molecule has 2 N–H and O–H groups in total. The van der Waals surface area contributed by atoms with Crippen molar-refractivity contribution in [2.45, 2.75) is 90.0 Å². The standard InChI is InChI=1S/C30H51N3O2/c1-25(14-21-34)23-31-16-7-8-17-33(28-11-5-4-6-12-28)20-19-32-18-15-30(3,26(2)24-32)27-10-9-13-29(35)22-27/h9-10,13,21-22,25-26,28,31,35H,4-8,11-12,14-20,23-24H2,1-3H3/t25?,26-,30-/m0/s1. The number of hydrogen-bond acceptors (Lipinski definition) is 5. The van der Waals surface area contributed by atoms with Crippen LogP contribution in [0.2, 0.25) is 0 Å². The smallest absolute Gasteiger partial charge is 0.120 e. The molecule has 198 valence electrons. The van der Waals surface area contributed by atoms with E-state index in [1.807, 2.05) is 12.1 Å². The van der Waals surface area contributed by atoms with Gasteiger partial charge in [-0.15, -0.1) is 0 Å². The molecule has 1 saturated carbocycles. The van der Waals surface area contributed by atoms with Crippen molar-refractivity contribution in [3.05, 3.63) is 29.8 Å². The Kier molecular flexibility index (Phi) is 11.5. The van der Waals surface area contributed by atoms with Gasteiger partial charge in [0.2, 0.25) is 0 Å². The maximum absolute atomic E-state index is 10.6. The highest BCUT2D eigenvalue weighted by molar-refractivity contribution is 5.49. The van der Waals surface area contributed by atoms with Gasteiger partial charge in [0.05, 0.1) is 0 Å². The van der Waals surface area contributed by atoms with Crippen molar-refractivity contribution in [1.82, 2.24) is 15.1 Å². The monoisotopic (exact) mass is 485 g/mol. The van der Waals surface area contributed by atoms with E-state index in [0.29, 0.717) is 24.0 Å². The first-order valence-electron chi connectivity index (χ1n) is 14.3. The summed E-state index contributed by atoms with van der Waals surface area (Å²) in [6, 6.07) is 8.68. The maximum atomic E-state index is 10.6. The van der Waals surface area contributed by atoms with Crippen molar-refractivity contribution < 1.29 is 9.90 Å². The average Bonchev–Trinajstić information content (AvgIpc) is 2.86. The van der Waals surface area contributed by atoms with Gasteiger partial charge in [-0.05, 0) is 93.2 Å². The summed E-state index contributed by atoms with van der Waals surface area (Å²) in [5.74, 6) is 1.38. The van der Waals surface area contributed by atoms with Crippen LogP contribution in [0.1, 0.15) is 84.1 Å². The van der Waals surface area contributed by atoms with Gasteiger partial charge in [0.15, 0.2) is 0 Å². The largest absolute Gasteiger partial charge is 0.508 e. The highest BCUT2D eigenvalue weighted by atomic mass is 16.3. The van der Waals surface area contributed by atoms with Gasteiger partial charge in [0.25, 0.3) is 0 Å². The number of unbranched alkanes of at least 4 members (excludes halogenated alkanes) is 1. The highest BCUT2D eigenvalue weighted by Gasteiger charge is 2.38. The number of aldehydes is 1. The number of nitrogens with zero attached hydrogens (tertiary/aromatic N) is 2. The van der Waals surface area contributed by atoms with Gasteiger partial charge in [-0.1, -0.05) is 52.2 Å². The normalized spacial score (nSPS) is 25.1. The van der Waals surface area contributed by atoms with Gasteiger partial charge in [-0.25, -0.2) is 0 Å². The molecule has 5 heteroatoms. The Morgan fingerprint density at radius 3 is 2.74 bits per heavy atom. The predicted octanol–water partition coefficient (Wildman–Crippen LogP) is 5.22. The van der Waals surface area contributed by atoms with Gasteiger partial charge in [-0.2, -0.15) is 0 Å². The van der Waals surface area contributed by atoms with Crippen LogP contribution in [0.25, 0.3) is 0 Å². The summed E-state index contributed by atoms with van der Waals surface area (Å²) in [6.07, 6.45) is 12.2. The van der Waals surface area contributed by atoms with Crippen LogP contribution in [-0.4, -0.2) is 73.0 Å². The van der Waals surface area contributed by atoms with Gasteiger partial charge in [0.1, 0.15) is 12.0 Å². The predicted molar refractivity (Wildman–Crippen MR) is 146 cm³/mol. The summed E-state index contributed by atoms with van der Waals surface area (Å²) >= 11 is 0. The lowest BCUT2D eigenvalue weighted by Crippen LogP contribution is -2.50. The van der Waals surface area contributed by atoms with Crippen molar-refractivity contribution in [3.63, 3.8) is 0 Å². The van der Waals surface area contributed by atoms with E-state index in [0.717, 1.165) is 44.9 Å². The molecule has 1 heterocycles. The minimum absolute atomic E-state index is 0.133. The summed E-state index contributed by atoms with van der Waals surface area (Å²) in [5, 5.41) is 13.5. The molecule has 1 aromatic carbocycles. The Labute approximate surface area is 214 Å². The molecule has 3 rings (SSSR count). The Hall–Kier alpha value is -1.43. The third-order valence-electron chi connectivity index (χ3n) is 8.91. The molecule has 1 aliphatic carbocycles. The number of nitrogens with one attached hydrogen (secondary N) is 1. The zero-order chi connectivity index (χ0) is 25.1. The molecule has 0 amide bonds. The number of piperidine rings is 1. The first-order chi connectivity index (χ1) is 16.9. The van der Waals surface area contributed by atoms with Crippen LogP contribution < -0.4 is 5.32 Å². The van der Waals surface area contributed by atoms with Crippen LogP contribution in [0, 0.1) is 11.8 Å². The Morgan fingerprint density at radius 1 is 1.23 bits per heavy atom. The van der Waals surface area contributed by atoms with E-state index >= 15 is 0 Å². The molecule has 2 fully saturated rings. The number of likely N-dealkylation sites (tertiary alicyclic amines) is 1. The quantitative estimate of drug-likeness (QED) is 0.279. The molecule has 0 bridgehead atoms. The molecule has 1 saturated heterocycles. The minimum atomic E-state index is 0.133. The Morgan fingerprint density at radius 2 is 2.03 bits per heavy atom. The van der Waals surface area contributed by atoms with Crippen LogP contribution in [-0.2, 0) is 10.2 Å². The van der Waals surface area contributed by atoms with Crippen molar-refractivity contribution in [2.24, 2.45) is 11.8 Å². The number of phenols is 1. The van der Waals surface area contributed by atoms with Crippen molar-refractivity contribution in [3.8, 4) is 5.75 Å². The summed E-state index contributed by atoms with van der Waals surface area (Å²) in [4.78, 5) is 16.1. The molecule has 3 atom stereocenters. The summed E-state index contributed by atoms with van der Waals surface area (Å²) in [5.41, 5.74) is 1.41. The van der Waals surface area contributed by atoms with Crippen molar-refractivity contribution >= 4 is 6.29 Å². The second kappa shape index (κ2) is 14.3. The molecular weight excluding hydrogens is 434 g/mol. The third kappa shape index (κ3) is 8.58. The lowest BCUT2D eigenvalue weighted by Gasteiger charge is -2.46. The van der Waals surface area contributed by atoms with E-state index in [2.05, 4.69) is 42.0 Å². The molecule has 2 aliphatic rings. The number of benzene rings is 1. The number of hydrogen-bond donors (Lipinski definition) is 2. The SMILES string of the molecule is CC(CC=O)CNCCCCN(CCN1CC[C@](C)(c2cccc(O)c2)[C@@H](C)C1)C1CCCCC1. The van der Waals surface area contributed by atoms with Crippen LogP contribution in [0.4, 0.5) is 0 Å². The third-order valence-corrected chi connectivity index (χ3v) is 8.91. The second-order valence-corrected chi connectivity index (χ2v) is 11.7. The number of carbonyl (C=O) groups is 1. The van der Waals surface area contributed by atoms with Gasteiger partial charge in [-0.3, -0.25) is 4.90 Å². The summed E-state index contributed by atoms with van der Waals surface area (Å²) < 4.78 is 0. The number of carbonyl (C=O) groups excluding carboxylic acids is 1.